The van der Waals surface area contributed by atoms with Gasteiger partial charge in [0.2, 0.25) is 0 Å². The summed E-state index contributed by atoms with van der Waals surface area (Å²) < 4.78 is 36.8. The van der Waals surface area contributed by atoms with Gasteiger partial charge in [-0.25, -0.2) is 4.79 Å². The highest BCUT2D eigenvalue weighted by Gasteiger charge is 2.48. The molecule has 4 aromatic carbocycles. The summed E-state index contributed by atoms with van der Waals surface area (Å²) >= 11 is 0. The predicted octanol–water partition coefficient (Wildman–Crippen LogP) is 4.81. The second-order valence-corrected chi connectivity index (χ2v) is 12.0. The van der Waals surface area contributed by atoms with E-state index >= 15 is 0 Å². The molecule has 1 aliphatic heterocycles. The van der Waals surface area contributed by atoms with Gasteiger partial charge in [-0.15, -0.1) is 0 Å². The molecule has 1 aromatic heterocycles. The number of carbonyl (C=O) groups excluding carboxylic acids is 1. The standard InChI is InChI=1S/C40H41N3O9/c1-47-24-25-50-36-35(44)33(52-38(36)43-23-22-34(42-39(43)46)41-37(45)27-10-6-4-7-11-27)26-51-40(28-12-8-5-9-13-28,29-14-18-31(48-2)19-15-29)30-16-20-32(49-3)21-17-30/h4-23,33,35-36,38,44H,24-26H2,1-3H3,(H,41,42,45,46)/t33-,35+,36+,38-/m0/s1. The number of nitrogens with zero attached hydrogens (tertiary/aromatic N) is 2. The molecule has 1 saturated heterocycles. The normalized spacial score (nSPS) is 18.5. The number of methoxy groups -OCH3 is 3. The summed E-state index contributed by atoms with van der Waals surface area (Å²) in [6.07, 6.45) is -2.77. The Hall–Kier alpha value is -5.37. The largest absolute Gasteiger partial charge is 0.497 e. The molecule has 0 aliphatic carbocycles. The first-order valence-corrected chi connectivity index (χ1v) is 16.8. The minimum atomic E-state index is -1.22. The van der Waals surface area contributed by atoms with Crippen molar-refractivity contribution in [2.45, 2.75) is 30.1 Å². The SMILES string of the molecule is COCCO[C@@H]1[C@H](O)[C@H](COC(c2ccccc2)(c2ccc(OC)cc2)c2ccc(OC)cc2)O[C@@H]1n1ccc(NC(=O)c2ccccc2)nc1=O. The third-order valence-electron chi connectivity index (χ3n) is 8.93. The monoisotopic (exact) mass is 707 g/mol. The molecular formula is C40H41N3O9. The van der Waals surface area contributed by atoms with Gasteiger partial charge in [0.05, 0.1) is 34.0 Å². The van der Waals surface area contributed by atoms with Crippen LogP contribution < -0.4 is 20.5 Å². The molecule has 2 heterocycles. The Bertz CT molecular complexity index is 1910. The molecule has 0 spiro atoms. The van der Waals surface area contributed by atoms with Crippen LogP contribution in [0.1, 0.15) is 33.3 Å². The van der Waals surface area contributed by atoms with E-state index in [1.54, 1.807) is 44.6 Å². The van der Waals surface area contributed by atoms with E-state index < -0.39 is 41.7 Å². The number of hydrogen-bond donors (Lipinski definition) is 2. The van der Waals surface area contributed by atoms with Crippen molar-refractivity contribution in [1.29, 1.82) is 0 Å². The van der Waals surface area contributed by atoms with Crippen molar-refractivity contribution < 1.29 is 38.3 Å². The second kappa shape index (κ2) is 16.8. The average Bonchev–Trinajstić information content (AvgIpc) is 3.50. The number of aromatic nitrogens is 2. The van der Waals surface area contributed by atoms with Crippen molar-refractivity contribution in [3.63, 3.8) is 0 Å². The Balaban J connectivity index is 1.33. The zero-order chi connectivity index (χ0) is 36.5. The summed E-state index contributed by atoms with van der Waals surface area (Å²) in [6.45, 7) is 0.271. The number of aliphatic hydroxyl groups excluding tert-OH is 1. The van der Waals surface area contributed by atoms with Crippen LogP contribution in [0.4, 0.5) is 5.82 Å². The van der Waals surface area contributed by atoms with Crippen LogP contribution in [-0.4, -0.2) is 80.0 Å². The summed E-state index contributed by atoms with van der Waals surface area (Å²) in [4.78, 5) is 30.2. The molecule has 52 heavy (non-hydrogen) atoms. The van der Waals surface area contributed by atoms with Gasteiger partial charge in [-0.1, -0.05) is 72.8 Å². The van der Waals surface area contributed by atoms with Crippen molar-refractivity contribution in [2.24, 2.45) is 0 Å². The van der Waals surface area contributed by atoms with Crippen LogP contribution in [0.3, 0.4) is 0 Å². The van der Waals surface area contributed by atoms with Crippen LogP contribution in [0.25, 0.3) is 0 Å². The quantitative estimate of drug-likeness (QED) is 0.115. The maximum atomic E-state index is 13.4. The molecule has 0 saturated carbocycles. The van der Waals surface area contributed by atoms with Gasteiger partial charge in [-0.3, -0.25) is 9.36 Å². The highest BCUT2D eigenvalue weighted by Crippen LogP contribution is 2.43. The summed E-state index contributed by atoms with van der Waals surface area (Å²) in [5, 5.41) is 14.4. The number of benzene rings is 4. The number of ether oxygens (including phenoxy) is 6. The molecular weight excluding hydrogens is 666 g/mol. The van der Waals surface area contributed by atoms with Crippen molar-refractivity contribution >= 4 is 11.7 Å². The van der Waals surface area contributed by atoms with Gasteiger partial charge in [0, 0.05) is 18.9 Å². The Labute approximate surface area is 301 Å². The molecule has 1 amide bonds. The van der Waals surface area contributed by atoms with E-state index in [0.717, 1.165) is 16.7 Å². The van der Waals surface area contributed by atoms with Gasteiger partial charge in [0.1, 0.15) is 41.2 Å². The van der Waals surface area contributed by atoms with E-state index in [0.29, 0.717) is 17.1 Å². The third-order valence-corrected chi connectivity index (χ3v) is 8.93. The number of amides is 1. The lowest BCUT2D eigenvalue weighted by molar-refractivity contribution is -0.0993. The van der Waals surface area contributed by atoms with Gasteiger partial charge in [0.25, 0.3) is 5.91 Å². The Kier molecular flexibility index (Phi) is 11.7. The molecule has 1 fully saturated rings. The number of aliphatic hydroxyl groups is 1. The van der Waals surface area contributed by atoms with E-state index in [1.165, 1.54) is 23.9 Å². The lowest BCUT2D eigenvalue weighted by Gasteiger charge is -2.37. The average molecular weight is 708 g/mol. The Morgan fingerprint density at radius 2 is 1.38 bits per heavy atom. The van der Waals surface area contributed by atoms with Crippen LogP contribution in [0.2, 0.25) is 0 Å². The summed E-state index contributed by atoms with van der Waals surface area (Å²) in [5.74, 6) is 1.01. The molecule has 12 nitrogen and oxygen atoms in total. The first-order valence-electron chi connectivity index (χ1n) is 16.8. The van der Waals surface area contributed by atoms with Crippen molar-refractivity contribution in [2.75, 3.05) is 46.5 Å². The Morgan fingerprint density at radius 1 is 0.808 bits per heavy atom. The van der Waals surface area contributed by atoms with E-state index in [9.17, 15) is 14.7 Å². The zero-order valence-electron chi connectivity index (χ0n) is 29.1. The number of carbonyl (C=O) groups is 1. The summed E-state index contributed by atoms with van der Waals surface area (Å²) in [7, 11) is 4.75. The van der Waals surface area contributed by atoms with Gasteiger partial charge in [0.15, 0.2) is 6.23 Å². The fraction of sp³-hybridized carbons (Fsp3) is 0.275. The van der Waals surface area contributed by atoms with Crippen LogP contribution in [0.5, 0.6) is 11.5 Å². The Morgan fingerprint density at radius 3 is 1.94 bits per heavy atom. The smallest absolute Gasteiger partial charge is 0.351 e. The zero-order valence-corrected chi connectivity index (χ0v) is 29.1. The van der Waals surface area contributed by atoms with Crippen LogP contribution in [0.15, 0.2) is 126 Å². The first-order chi connectivity index (χ1) is 25.4. The lowest BCUT2D eigenvalue weighted by Crippen LogP contribution is -2.41. The molecule has 270 valence electrons. The fourth-order valence-corrected chi connectivity index (χ4v) is 6.26. The molecule has 0 radical (unpaired) electrons. The van der Waals surface area contributed by atoms with Crippen molar-refractivity contribution in [3.8, 4) is 11.5 Å². The number of hydrogen-bond acceptors (Lipinski definition) is 10. The molecule has 4 atom stereocenters. The molecule has 0 unspecified atom stereocenters. The first kappa shape index (κ1) is 36.4. The van der Waals surface area contributed by atoms with Crippen LogP contribution >= 0.6 is 0 Å². The fourth-order valence-electron chi connectivity index (χ4n) is 6.26. The summed E-state index contributed by atoms with van der Waals surface area (Å²) in [6, 6.07) is 35.0. The minimum Gasteiger partial charge on any atom is -0.497 e. The van der Waals surface area contributed by atoms with Gasteiger partial charge >= 0.3 is 5.69 Å². The van der Waals surface area contributed by atoms with Crippen molar-refractivity contribution in [1.82, 2.24) is 9.55 Å². The predicted molar refractivity (Wildman–Crippen MR) is 193 cm³/mol. The van der Waals surface area contributed by atoms with Crippen LogP contribution in [0, 0.1) is 0 Å². The number of nitrogens with one attached hydrogen (secondary N) is 1. The lowest BCUT2D eigenvalue weighted by atomic mass is 9.80. The number of anilines is 1. The van der Waals surface area contributed by atoms with Gasteiger partial charge < -0.3 is 38.8 Å². The second-order valence-electron chi connectivity index (χ2n) is 12.0. The van der Waals surface area contributed by atoms with Gasteiger partial charge in [-0.05, 0) is 59.2 Å². The minimum absolute atomic E-state index is 0.0667. The summed E-state index contributed by atoms with van der Waals surface area (Å²) in [5.41, 5.74) is 0.965. The molecule has 5 aromatic rings. The molecule has 1 aliphatic rings. The number of rotatable bonds is 15. The third kappa shape index (κ3) is 7.76. The van der Waals surface area contributed by atoms with Gasteiger partial charge in [-0.2, -0.15) is 4.98 Å². The molecule has 6 rings (SSSR count). The highest BCUT2D eigenvalue weighted by atomic mass is 16.6. The molecule has 12 heteroatoms. The van der Waals surface area contributed by atoms with E-state index in [4.69, 9.17) is 28.4 Å². The van der Waals surface area contributed by atoms with E-state index in [2.05, 4.69) is 10.3 Å². The molecule has 2 N–H and O–H groups in total. The van der Waals surface area contributed by atoms with E-state index in [-0.39, 0.29) is 25.6 Å². The maximum absolute atomic E-state index is 13.4. The molecule has 0 bridgehead atoms. The maximum Gasteiger partial charge on any atom is 0.351 e. The van der Waals surface area contributed by atoms with Crippen molar-refractivity contribution in [3.05, 3.63) is 154 Å². The van der Waals surface area contributed by atoms with Crippen LogP contribution in [-0.2, 0) is 24.5 Å². The topological polar surface area (TPSA) is 140 Å². The highest BCUT2D eigenvalue weighted by molar-refractivity contribution is 6.03. The van der Waals surface area contributed by atoms with E-state index in [1.807, 2.05) is 78.9 Å².